The van der Waals surface area contributed by atoms with E-state index < -0.39 is 31.2 Å². The number of hydrogen-bond acceptors (Lipinski definition) is 7. The third-order valence-corrected chi connectivity index (χ3v) is 4.54. The Balaban J connectivity index is 1.80. The molecule has 5 atom stereocenters. The van der Waals surface area contributed by atoms with Gasteiger partial charge in [0.15, 0.2) is 0 Å². The predicted octanol–water partition coefficient (Wildman–Crippen LogP) is -1.52. The van der Waals surface area contributed by atoms with Gasteiger partial charge >= 0.3 is 0 Å². The summed E-state index contributed by atoms with van der Waals surface area (Å²) in [7, 11) is 1.97. The average molecular weight is 326 g/mol. The van der Waals surface area contributed by atoms with Gasteiger partial charge in [0.25, 0.3) is 11.8 Å². The summed E-state index contributed by atoms with van der Waals surface area (Å²) in [5.41, 5.74) is 0.309. The lowest BCUT2D eigenvalue weighted by atomic mass is 10.1. The number of ether oxygens (including phenoxy) is 1. The molecule has 3 rings (SSSR count). The van der Waals surface area contributed by atoms with Crippen LogP contribution in [0.5, 0.6) is 0 Å². The number of rotatable bonds is 4. The van der Waals surface area contributed by atoms with Crippen molar-refractivity contribution in [2.45, 2.75) is 43.5 Å². The first-order valence-electron chi connectivity index (χ1n) is 7.74. The van der Waals surface area contributed by atoms with Crippen molar-refractivity contribution in [1.29, 1.82) is 0 Å². The van der Waals surface area contributed by atoms with Crippen LogP contribution in [-0.4, -0.2) is 69.8 Å². The molecule has 0 radical (unpaired) electrons. The van der Waals surface area contributed by atoms with Crippen LogP contribution in [0.15, 0.2) is 23.1 Å². The second-order valence-electron chi connectivity index (χ2n) is 6.05. The van der Waals surface area contributed by atoms with Gasteiger partial charge in [0.1, 0.15) is 18.3 Å². The summed E-state index contributed by atoms with van der Waals surface area (Å²) >= 11 is 0. The molecule has 2 fully saturated rings. The number of aliphatic hydroxyl groups excluding tert-OH is 3. The molecule has 0 aromatic carbocycles. The molecule has 3 N–H and O–H groups in total. The van der Waals surface area contributed by atoms with Crippen LogP contribution in [0, 0.1) is 0 Å². The Labute approximate surface area is 133 Å². The Morgan fingerprint density at radius 2 is 2.17 bits per heavy atom. The van der Waals surface area contributed by atoms with Crippen LogP contribution in [0.1, 0.15) is 24.4 Å². The fraction of sp³-hybridized carbons (Fsp3) is 0.667. The monoisotopic (exact) mass is 326 g/mol. The van der Waals surface area contributed by atoms with Crippen LogP contribution >= 0.6 is 0 Å². The molecule has 2 aliphatic heterocycles. The average Bonchev–Trinajstić information content (AvgIpc) is 3.08. The van der Waals surface area contributed by atoms with Gasteiger partial charge in [0.2, 0.25) is 0 Å². The van der Waals surface area contributed by atoms with Gasteiger partial charge in [-0.15, -0.1) is 4.73 Å². The third kappa shape index (κ3) is 3.00. The zero-order valence-electron chi connectivity index (χ0n) is 12.9. The van der Waals surface area contributed by atoms with E-state index >= 15 is 0 Å². The summed E-state index contributed by atoms with van der Waals surface area (Å²) in [5.74, 6) is 0. The van der Waals surface area contributed by atoms with Crippen LogP contribution in [-0.2, 0) is 4.74 Å². The van der Waals surface area contributed by atoms with Gasteiger partial charge in [-0.1, -0.05) is 6.07 Å². The molecule has 1 aromatic rings. The number of nitrogens with zero attached hydrogens (tertiary/aromatic N) is 2. The normalized spacial score (nSPS) is 34.9. The van der Waals surface area contributed by atoms with E-state index in [2.05, 4.69) is 4.90 Å². The topological polar surface area (TPSA) is 104 Å². The van der Waals surface area contributed by atoms with Crippen molar-refractivity contribution in [2.75, 3.05) is 20.2 Å². The number of aromatic nitrogens is 1. The zero-order valence-corrected chi connectivity index (χ0v) is 12.9. The molecule has 8 nitrogen and oxygen atoms in total. The van der Waals surface area contributed by atoms with E-state index in [-0.39, 0.29) is 11.6 Å². The fourth-order valence-corrected chi connectivity index (χ4v) is 3.20. The van der Waals surface area contributed by atoms with Gasteiger partial charge in [0, 0.05) is 17.8 Å². The van der Waals surface area contributed by atoms with E-state index in [4.69, 9.17) is 14.7 Å². The lowest BCUT2D eigenvalue weighted by Gasteiger charge is -2.21. The van der Waals surface area contributed by atoms with Gasteiger partial charge in [-0.05, 0) is 32.5 Å². The van der Waals surface area contributed by atoms with Gasteiger partial charge in [-0.3, -0.25) is 9.69 Å². The number of pyridine rings is 1. The zero-order chi connectivity index (χ0) is 16.6. The summed E-state index contributed by atoms with van der Waals surface area (Å²) < 4.78 is 6.25. The SMILES string of the molecule is CN1CCCC1c1cccn(O[C@@H]2O[C@H](CO)[C@@H](O)[C@@H]2O)c1=O. The maximum atomic E-state index is 12.6. The van der Waals surface area contributed by atoms with Crippen molar-refractivity contribution in [1.82, 2.24) is 9.63 Å². The number of likely N-dealkylation sites (tertiary alicyclic amines) is 1. The first-order chi connectivity index (χ1) is 11.0. The molecule has 0 saturated carbocycles. The molecular formula is C15H22N2O6. The van der Waals surface area contributed by atoms with E-state index in [9.17, 15) is 15.0 Å². The minimum absolute atomic E-state index is 0.0451. The highest BCUT2D eigenvalue weighted by molar-refractivity contribution is 5.16. The number of aliphatic hydroxyl groups is 3. The summed E-state index contributed by atoms with van der Waals surface area (Å²) in [6, 6.07) is 3.51. The summed E-state index contributed by atoms with van der Waals surface area (Å²) in [6.45, 7) is 0.495. The van der Waals surface area contributed by atoms with E-state index in [1.807, 2.05) is 7.05 Å². The molecule has 0 spiro atoms. The Kier molecular flexibility index (Phi) is 4.69. The highest BCUT2D eigenvalue weighted by Crippen LogP contribution is 2.28. The minimum Gasteiger partial charge on any atom is -0.394 e. The largest absolute Gasteiger partial charge is 0.394 e. The Bertz CT molecular complexity index is 606. The third-order valence-electron chi connectivity index (χ3n) is 4.54. The van der Waals surface area contributed by atoms with Crippen molar-refractivity contribution in [2.24, 2.45) is 0 Å². The predicted molar refractivity (Wildman–Crippen MR) is 79.6 cm³/mol. The second kappa shape index (κ2) is 6.58. The van der Waals surface area contributed by atoms with Crippen LogP contribution < -0.4 is 10.4 Å². The van der Waals surface area contributed by atoms with E-state index in [0.717, 1.165) is 24.1 Å². The molecule has 2 saturated heterocycles. The lowest BCUT2D eigenvalue weighted by Crippen LogP contribution is -2.42. The smallest absolute Gasteiger partial charge is 0.287 e. The highest BCUT2D eigenvalue weighted by Gasteiger charge is 2.44. The molecule has 2 aliphatic rings. The van der Waals surface area contributed by atoms with Crippen molar-refractivity contribution in [3.8, 4) is 0 Å². The van der Waals surface area contributed by atoms with Crippen LogP contribution in [0.2, 0.25) is 0 Å². The maximum Gasteiger partial charge on any atom is 0.287 e. The summed E-state index contributed by atoms with van der Waals surface area (Å²) in [6.07, 6.45) is -1.36. The molecule has 0 amide bonds. The molecule has 1 aromatic heterocycles. The fourth-order valence-electron chi connectivity index (χ4n) is 3.20. The summed E-state index contributed by atoms with van der Waals surface area (Å²) in [4.78, 5) is 20.1. The minimum atomic E-state index is -1.34. The van der Waals surface area contributed by atoms with E-state index in [0.29, 0.717) is 5.56 Å². The quantitative estimate of drug-likeness (QED) is 0.617. The summed E-state index contributed by atoms with van der Waals surface area (Å²) in [5, 5.41) is 28.7. The molecule has 23 heavy (non-hydrogen) atoms. The Morgan fingerprint density at radius 3 is 2.78 bits per heavy atom. The molecule has 1 unspecified atom stereocenters. The van der Waals surface area contributed by atoms with Gasteiger partial charge in [-0.2, -0.15) is 0 Å². The molecule has 8 heteroatoms. The van der Waals surface area contributed by atoms with Gasteiger partial charge in [-0.25, -0.2) is 0 Å². The van der Waals surface area contributed by atoms with Crippen molar-refractivity contribution in [3.05, 3.63) is 34.2 Å². The van der Waals surface area contributed by atoms with E-state index in [1.54, 1.807) is 12.1 Å². The number of hydrogen-bond donors (Lipinski definition) is 3. The molecule has 0 aliphatic carbocycles. The second-order valence-corrected chi connectivity index (χ2v) is 6.05. The van der Waals surface area contributed by atoms with E-state index in [1.165, 1.54) is 6.20 Å². The highest BCUT2D eigenvalue weighted by atomic mass is 16.8. The van der Waals surface area contributed by atoms with Crippen LogP contribution in [0.4, 0.5) is 0 Å². The maximum absolute atomic E-state index is 12.6. The van der Waals surface area contributed by atoms with Crippen LogP contribution in [0.3, 0.4) is 0 Å². The lowest BCUT2D eigenvalue weighted by molar-refractivity contribution is -0.173. The van der Waals surface area contributed by atoms with Crippen molar-refractivity contribution in [3.63, 3.8) is 0 Å². The first kappa shape index (κ1) is 16.4. The first-order valence-corrected chi connectivity index (χ1v) is 7.74. The molecule has 0 bridgehead atoms. The van der Waals surface area contributed by atoms with Crippen molar-refractivity contribution < 1.29 is 24.9 Å². The molecule has 128 valence electrons. The molecule has 3 heterocycles. The van der Waals surface area contributed by atoms with Crippen molar-refractivity contribution >= 4 is 0 Å². The Hall–Kier alpha value is -1.45. The van der Waals surface area contributed by atoms with Crippen LogP contribution in [0.25, 0.3) is 0 Å². The van der Waals surface area contributed by atoms with Gasteiger partial charge < -0.3 is 24.9 Å². The molecular weight excluding hydrogens is 304 g/mol. The standard InChI is InChI=1S/C15H22N2O6/c1-16-6-3-5-10(16)9-4-2-7-17(14(9)21)23-15-13(20)12(19)11(8-18)22-15/h2,4,7,10-13,15,18-20H,3,5-6,8H2,1H3/t10?,11-,12-,13+,15+/m1/s1. The Morgan fingerprint density at radius 1 is 1.39 bits per heavy atom. The van der Waals surface area contributed by atoms with Gasteiger partial charge in [0.05, 0.1) is 6.61 Å².